The third-order valence-electron chi connectivity index (χ3n) is 11.8. The number of Topliss-reactive ketones (excluding diaryl/α,β-unsaturated/α-hetero) is 2. The average molecular weight is 427 g/mol. The van der Waals surface area contributed by atoms with E-state index in [4.69, 9.17) is 0 Å². The molecule has 0 aliphatic heterocycles. The lowest BCUT2D eigenvalue weighted by Gasteiger charge is -2.76. The van der Waals surface area contributed by atoms with Crippen LogP contribution in [0, 0.1) is 57.7 Å². The van der Waals surface area contributed by atoms with Gasteiger partial charge in [-0.1, -0.05) is 53.7 Å². The van der Waals surface area contributed by atoms with E-state index in [0.717, 1.165) is 25.7 Å². The van der Waals surface area contributed by atoms with E-state index in [-0.39, 0.29) is 28.3 Å². The molecule has 1 spiro atoms. The minimum atomic E-state index is -0.982. The Kier molecular flexibility index (Phi) is 4.62. The van der Waals surface area contributed by atoms with E-state index < -0.39 is 16.9 Å². The summed E-state index contributed by atoms with van der Waals surface area (Å²) in [6.07, 6.45) is 10.5. The van der Waals surface area contributed by atoms with Crippen LogP contribution in [0.25, 0.3) is 0 Å². The lowest BCUT2D eigenvalue weighted by Crippen LogP contribution is -2.80. The summed E-state index contributed by atoms with van der Waals surface area (Å²) in [6, 6.07) is 0. The maximum Gasteiger partial charge on any atom is 0.139 e. The van der Waals surface area contributed by atoms with Crippen molar-refractivity contribution in [2.75, 3.05) is 0 Å². The zero-order valence-corrected chi connectivity index (χ0v) is 20.4. The molecule has 0 aromatic heterocycles. The minimum Gasteiger partial charge on any atom is -0.388 e. The Hall–Kier alpha value is -0.960. The predicted octanol–water partition coefficient (Wildman–Crippen LogP) is 5.60. The zero-order chi connectivity index (χ0) is 22.6. The molecule has 0 amide bonds. The molecule has 10 atom stereocenters. The van der Waals surface area contributed by atoms with Gasteiger partial charge in [0.15, 0.2) is 0 Å². The number of carbonyl (C=O) groups excluding carboxylic acids is 2. The van der Waals surface area contributed by atoms with Crippen molar-refractivity contribution in [2.24, 2.45) is 57.7 Å². The van der Waals surface area contributed by atoms with Crippen molar-refractivity contribution in [1.29, 1.82) is 0 Å². The Labute approximate surface area is 188 Å². The molecule has 6 rings (SSSR count). The van der Waals surface area contributed by atoms with Gasteiger partial charge in [-0.05, 0) is 72.5 Å². The number of rotatable bonds is 4. The summed E-state index contributed by atoms with van der Waals surface area (Å²) in [5.74, 6) is 2.18. The Morgan fingerprint density at radius 2 is 1.65 bits per heavy atom. The second kappa shape index (κ2) is 6.55. The normalized spacial score (nSPS) is 52.6. The number of hydrogen-bond donors (Lipinski definition) is 1. The van der Waals surface area contributed by atoms with Gasteiger partial charge in [0.1, 0.15) is 11.6 Å². The fourth-order valence-electron chi connectivity index (χ4n) is 10.0. The van der Waals surface area contributed by atoms with Gasteiger partial charge < -0.3 is 5.11 Å². The second-order valence-corrected chi connectivity index (χ2v) is 13.0. The summed E-state index contributed by atoms with van der Waals surface area (Å²) < 4.78 is 0. The van der Waals surface area contributed by atoms with Gasteiger partial charge in [-0.15, -0.1) is 0 Å². The molecule has 3 heteroatoms. The SMILES string of the molecule is CC(C)[C@@H](C)/C=C/[C@@H](C)[C@H]1CC[C@]2(O)C3C(=O)CC[C@@]4(C)[C@@H]3C(=O)C[C@]23[C@@H]4CC[C@]13C. The van der Waals surface area contributed by atoms with Gasteiger partial charge in [0.2, 0.25) is 0 Å². The highest BCUT2D eigenvalue weighted by Crippen LogP contribution is 2.83. The van der Waals surface area contributed by atoms with Crippen LogP contribution < -0.4 is 0 Å². The minimum absolute atomic E-state index is 0.0896. The van der Waals surface area contributed by atoms with Crippen LogP contribution in [-0.4, -0.2) is 22.3 Å². The van der Waals surface area contributed by atoms with Crippen LogP contribution in [-0.2, 0) is 9.59 Å². The molecule has 1 N–H and O–H groups in total. The molecule has 6 aliphatic rings. The predicted molar refractivity (Wildman–Crippen MR) is 122 cm³/mol. The van der Waals surface area contributed by atoms with Gasteiger partial charge in [-0.25, -0.2) is 0 Å². The van der Waals surface area contributed by atoms with Crippen molar-refractivity contribution < 1.29 is 14.7 Å². The molecule has 0 aromatic carbocycles. The van der Waals surface area contributed by atoms with E-state index in [9.17, 15) is 14.7 Å². The Bertz CT molecular complexity index is 843. The first-order valence-electron chi connectivity index (χ1n) is 12.9. The number of fused-ring (bicyclic) bond motifs is 1. The summed E-state index contributed by atoms with van der Waals surface area (Å²) in [4.78, 5) is 26.8. The van der Waals surface area contributed by atoms with E-state index >= 15 is 0 Å². The Balaban J connectivity index is 1.61. The summed E-state index contributed by atoms with van der Waals surface area (Å²) in [6.45, 7) is 13.9. The number of allylic oxidation sites excluding steroid dienone is 2. The molecule has 4 bridgehead atoms. The smallest absolute Gasteiger partial charge is 0.139 e. The molecule has 6 fully saturated rings. The largest absolute Gasteiger partial charge is 0.388 e. The number of hydrogen-bond acceptors (Lipinski definition) is 3. The van der Waals surface area contributed by atoms with Crippen molar-refractivity contribution in [3.05, 3.63) is 12.2 Å². The fraction of sp³-hybridized carbons (Fsp3) is 0.857. The monoisotopic (exact) mass is 426 g/mol. The van der Waals surface area contributed by atoms with Crippen LogP contribution in [0.1, 0.15) is 86.5 Å². The van der Waals surface area contributed by atoms with Gasteiger partial charge in [0.25, 0.3) is 0 Å². The van der Waals surface area contributed by atoms with E-state index in [2.05, 4.69) is 53.7 Å². The van der Waals surface area contributed by atoms with E-state index in [1.807, 2.05) is 0 Å². The van der Waals surface area contributed by atoms with Crippen molar-refractivity contribution in [2.45, 2.75) is 92.1 Å². The number of carbonyl (C=O) groups is 2. The first kappa shape index (κ1) is 21.9. The highest BCUT2D eigenvalue weighted by molar-refractivity contribution is 5.96. The summed E-state index contributed by atoms with van der Waals surface area (Å²) in [5, 5.41) is 12.4. The molecule has 6 aliphatic carbocycles. The summed E-state index contributed by atoms with van der Waals surface area (Å²) in [5.41, 5.74) is -1.60. The third-order valence-corrected chi connectivity index (χ3v) is 11.8. The van der Waals surface area contributed by atoms with Gasteiger partial charge in [0.05, 0.1) is 11.5 Å². The van der Waals surface area contributed by atoms with Crippen LogP contribution in [0.4, 0.5) is 0 Å². The molecule has 6 saturated carbocycles. The summed E-state index contributed by atoms with van der Waals surface area (Å²) in [7, 11) is 0. The van der Waals surface area contributed by atoms with Crippen molar-refractivity contribution in [3.63, 3.8) is 0 Å². The van der Waals surface area contributed by atoms with Gasteiger partial charge in [-0.2, -0.15) is 0 Å². The lowest BCUT2D eigenvalue weighted by atomic mass is 9.28. The molecule has 31 heavy (non-hydrogen) atoms. The highest BCUT2D eigenvalue weighted by atomic mass is 16.3. The van der Waals surface area contributed by atoms with Crippen LogP contribution in [0.3, 0.4) is 0 Å². The van der Waals surface area contributed by atoms with Gasteiger partial charge in [-0.3, -0.25) is 9.59 Å². The topological polar surface area (TPSA) is 54.4 Å². The Morgan fingerprint density at radius 3 is 2.32 bits per heavy atom. The van der Waals surface area contributed by atoms with E-state index in [1.165, 1.54) is 0 Å². The lowest BCUT2D eigenvalue weighted by molar-refractivity contribution is -0.312. The Morgan fingerprint density at radius 1 is 0.935 bits per heavy atom. The first-order valence-corrected chi connectivity index (χ1v) is 12.9. The molecule has 0 radical (unpaired) electrons. The first-order chi connectivity index (χ1) is 14.4. The molecule has 172 valence electrons. The van der Waals surface area contributed by atoms with Crippen LogP contribution in [0.5, 0.6) is 0 Å². The molecule has 0 aromatic rings. The van der Waals surface area contributed by atoms with Crippen molar-refractivity contribution >= 4 is 11.6 Å². The van der Waals surface area contributed by atoms with Crippen LogP contribution in [0.2, 0.25) is 0 Å². The molecule has 0 saturated heterocycles. The number of ketones is 2. The molecular weight excluding hydrogens is 384 g/mol. The molecular formula is C28H42O3. The highest BCUT2D eigenvalue weighted by Gasteiger charge is 2.84. The molecule has 3 nitrogen and oxygen atoms in total. The van der Waals surface area contributed by atoms with Crippen LogP contribution in [0.15, 0.2) is 12.2 Å². The third kappa shape index (κ3) is 2.35. The van der Waals surface area contributed by atoms with E-state index in [1.54, 1.807) is 0 Å². The number of aliphatic hydroxyl groups is 1. The summed E-state index contributed by atoms with van der Waals surface area (Å²) >= 11 is 0. The van der Waals surface area contributed by atoms with Crippen molar-refractivity contribution in [1.82, 2.24) is 0 Å². The van der Waals surface area contributed by atoms with E-state index in [0.29, 0.717) is 48.9 Å². The average Bonchev–Trinajstić information content (AvgIpc) is 3.02. The maximum atomic E-state index is 13.6. The van der Waals surface area contributed by atoms with Gasteiger partial charge in [0, 0.05) is 24.2 Å². The maximum absolute atomic E-state index is 13.6. The van der Waals surface area contributed by atoms with Crippen molar-refractivity contribution in [3.8, 4) is 0 Å². The molecule has 0 heterocycles. The van der Waals surface area contributed by atoms with Gasteiger partial charge >= 0.3 is 0 Å². The zero-order valence-electron chi connectivity index (χ0n) is 20.4. The standard InChI is InChI=1S/C28H42O3/c1-16(2)17(3)7-8-18(4)19-9-14-28(31)24-20(29)10-12-25(5)22-11-13-26(19,6)27(22,28)15-21(30)23(24)25/h7-8,16-19,22-24,31H,9-15H2,1-6H3/b8-7+/t17-,18+,19+,22+,23+,24?,25+,26+,27+,28-/m0/s1. The fourth-order valence-corrected chi connectivity index (χ4v) is 10.0. The quantitative estimate of drug-likeness (QED) is 0.595. The molecule has 1 unspecified atom stereocenters. The second-order valence-electron chi connectivity index (χ2n) is 13.0. The van der Waals surface area contributed by atoms with Crippen LogP contribution >= 0.6 is 0 Å².